The van der Waals surface area contributed by atoms with Crippen molar-refractivity contribution in [2.45, 2.75) is 25.1 Å². The van der Waals surface area contributed by atoms with Gasteiger partial charge in [0.2, 0.25) is 5.67 Å². The van der Waals surface area contributed by atoms with Crippen molar-refractivity contribution in [3.8, 4) is 0 Å². The molecule has 0 unspecified atom stereocenters. The number of hydrogen-bond acceptors (Lipinski definition) is 4. The van der Waals surface area contributed by atoms with Crippen LogP contribution in [0.4, 0.5) is 9.18 Å². The molecule has 1 aliphatic heterocycles. The van der Waals surface area contributed by atoms with E-state index >= 15 is 0 Å². The summed E-state index contributed by atoms with van der Waals surface area (Å²) < 4.78 is 19.5. The summed E-state index contributed by atoms with van der Waals surface area (Å²) in [6.07, 6.45) is -0.214. The second-order valence-electron chi connectivity index (χ2n) is 5.00. The first-order valence-corrected chi connectivity index (χ1v) is 6.71. The van der Waals surface area contributed by atoms with Gasteiger partial charge in [0.1, 0.15) is 6.61 Å². The second kappa shape index (κ2) is 6.53. The number of carbonyl (C=O) groups excluding carboxylic acids is 2. The van der Waals surface area contributed by atoms with Crippen LogP contribution < -0.4 is 11.3 Å². The number of nitrogens with zero attached hydrogens (tertiary/aromatic N) is 1. The number of carbonyl (C=O) groups is 2. The van der Waals surface area contributed by atoms with Gasteiger partial charge in [0.25, 0.3) is 5.91 Å². The Balaban J connectivity index is 1.92. The summed E-state index contributed by atoms with van der Waals surface area (Å²) >= 11 is 0. The number of nitrogens with two attached hydrogens (primary N) is 1. The Morgan fingerprint density at radius 3 is 2.76 bits per heavy atom. The monoisotopic (exact) mass is 295 g/mol. The molecule has 0 saturated carbocycles. The normalized spacial score (nSPS) is 21.7. The quantitative estimate of drug-likeness (QED) is 0.497. The maximum Gasteiger partial charge on any atom is 0.410 e. The number of likely N-dealkylation sites (tertiary alicyclic amines) is 1. The van der Waals surface area contributed by atoms with E-state index in [9.17, 15) is 14.0 Å². The van der Waals surface area contributed by atoms with Crippen molar-refractivity contribution in [3.63, 3.8) is 0 Å². The van der Waals surface area contributed by atoms with E-state index < -0.39 is 17.7 Å². The fraction of sp³-hybridized carbons (Fsp3) is 0.429. The number of hydrazine groups is 1. The van der Waals surface area contributed by atoms with Crippen LogP contribution in [0.3, 0.4) is 0 Å². The van der Waals surface area contributed by atoms with E-state index in [4.69, 9.17) is 10.6 Å². The maximum absolute atomic E-state index is 14.4. The van der Waals surface area contributed by atoms with Crippen molar-refractivity contribution >= 4 is 12.0 Å². The Kier molecular flexibility index (Phi) is 4.74. The average molecular weight is 295 g/mol. The predicted molar refractivity (Wildman–Crippen MR) is 73.6 cm³/mol. The first-order valence-electron chi connectivity index (χ1n) is 6.71. The van der Waals surface area contributed by atoms with Crippen LogP contribution in [0, 0.1) is 0 Å². The van der Waals surface area contributed by atoms with Gasteiger partial charge in [-0.2, -0.15) is 0 Å². The van der Waals surface area contributed by atoms with Crippen molar-refractivity contribution in [2.24, 2.45) is 5.84 Å². The molecule has 6 nitrogen and oxygen atoms in total. The van der Waals surface area contributed by atoms with Crippen LogP contribution in [0.1, 0.15) is 18.4 Å². The molecule has 2 amide bonds. The zero-order valence-electron chi connectivity index (χ0n) is 11.5. The van der Waals surface area contributed by atoms with Crippen molar-refractivity contribution in [1.29, 1.82) is 0 Å². The highest BCUT2D eigenvalue weighted by Crippen LogP contribution is 2.26. The Morgan fingerprint density at radius 1 is 1.38 bits per heavy atom. The maximum atomic E-state index is 14.4. The summed E-state index contributed by atoms with van der Waals surface area (Å²) in [6, 6.07) is 9.18. The van der Waals surface area contributed by atoms with Gasteiger partial charge in [-0.1, -0.05) is 30.3 Å². The number of halogens is 1. The summed E-state index contributed by atoms with van der Waals surface area (Å²) in [4.78, 5) is 24.6. The molecule has 1 fully saturated rings. The number of benzene rings is 1. The van der Waals surface area contributed by atoms with E-state index in [0.29, 0.717) is 13.0 Å². The molecule has 1 aromatic carbocycles. The fourth-order valence-electron chi connectivity index (χ4n) is 2.29. The zero-order chi connectivity index (χ0) is 15.3. The van der Waals surface area contributed by atoms with E-state index in [1.54, 1.807) is 5.43 Å². The summed E-state index contributed by atoms with van der Waals surface area (Å²) in [5, 5.41) is 0. The van der Waals surface area contributed by atoms with E-state index in [2.05, 4.69) is 0 Å². The van der Waals surface area contributed by atoms with Crippen LogP contribution in [0.5, 0.6) is 0 Å². The van der Waals surface area contributed by atoms with Crippen LogP contribution in [0.2, 0.25) is 0 Å². The molecule has 114 valence electrons. The molecule has 0 spiro atoms. The topological polar surface area (TPSA) is 84.7 Å². The Labute approximate surface area is 122 Å². The van der Waals surface area contributed by atoms with Crippen LogP contribution in [0.25, 0.3) is 0 Å². The van der Waals surface area contributed by atoms with E-state index in [1.807, 2.05) is 30.3 Å². The van der Waals surface area contributed by atoms with Gasteiger partial charge in [0.15, 0.2) is 0 Å². The van der Waals surface area contributed by atoms with Crippen molar-refractivity contribution in [3.05, 3.63) is 35.9 Å². The number of ether oxygens (including phenoxy) is 1. The van der Waals surface area contributed by atoms with Crippen molar-refractivity contribution < 1.29 is 18.7 Å². The number of amides is 2. The van der Waals surface area contributed by atoms with Crippen LogP contribution >= 0.6 is 0 Å². The van der Waals surface area contributed by atoms with Crippen LogP contribution in [-0.4, -0.2) is 35.7 Å². The number of nitrogens with one attached hydrogen (secondary N) is 1. The molecule has 7 heteroatoms. The smallest absolute Gasteiger partial charge is 0.410 e. The lowest BCUT2D eigenvalue weighted by atomic mass is 9.94. The molecule has 21 heavy (non-hydrogen) atoms. The molecule has 0 radical (unpaired) electrons. The number of hydrogen-bond donors (Lipinski definition) is 2. The standard InChI is InChI=1S/C14H18FN3O3/c15-14(12(19)17-16)7-4-8-18(10-14)13(20)21-9-11-5-2-1-3-6-11/h1-3,5-6H,4,7-10,16H2,(H,17,19)/t14-/m1/s1. The second-order valence-corrected chi connectivity index (χ2v) is 5.00. The number of rotatable bonds is 3. The first kappa shape index (κ1) is 15.2. The molecule has 2 rings (SSSR count). The minimum absolute atomic E-state index is 0.0402. The van der Waals surface area contributed by atoms with Crippen molar-refractivity contribution in [1.82, 2.24) is 10.3 Å². The van der Waals surface area contributed by atoms with Gasteiger partial charge >= 0.3 is 6.09 Å². The molecule has 3 N–H and O–H groups in total. The molecule has 0 aromatic heterocycles. The van der Waals surface area contributed by atoms with Crippen molar-refractivity contribution in [2.75, 3.05) is 13.1 Å². The highest BCUT2D eigenvalue weighted by molar-refractivity contribution is 5.85. The Bertz CT molecular complexity index is 511. The summed E-state index contributed by atoms with van der Waals surface area (Å²) in [5.74, 6) is 4.06. The molecule has 1 aliphatic rings. The average Bonchev–Trinajstić information content (AvgIpc) is 2.52. The van der Waals surface area contributed by atoms with Gasteiger partial charge < -0.3 is 9.64 Å². The minimum atomic E-state index is -2.15. The van der Waals surface area contributed by atoms with Gasteiger partial charge in [-0.25, -0.2) is 15.0 Å². The highest BCUT2D eigenvalue weighted by Gasteiger charge is 2.44. The summed E-state index contributed by atoms with van der Waals surface area (Å²) in [7, 11) is 0. The first-order chi connectivity index (χ1) is 10.0. The lowest BCUT2D eigenvalue weighted by Crippen LogP contribution is -2.57. The molecular weight excluding hydrogens is 277 g/mol. The summed E-state index contributed by atoms with van der Waals surface area (Å²) in [6.45, 7) is 0.124. The lowest BCUT2D eigenvalue weighted by molar-refractivity contribution is -0.136. The van der Waals surface area contributed by atoms with Gasteiger partial charge in [0, 0.05) is 6.54 Å². The van der Waals surface area contributed by atoms with Gasteiger partial charge in [-0.3, -0.25) is 10.2 Å². The highest BCUT2D eigenvalue weighted by atomic mass is 19.1. The van der Waals surface area contributed by atoms with Gasteiger partial charge in [-0.15, -0.1) is 0 Å². The number of piperidine rings is 1. The van der Waals surface area contributed by atoms with Gasteiger partial charge in [-0.05, 0) is 18.4 Å². The molecular formula is C14H18FN3O3. The van der Waals surface area contributed by atoms with Crippen LogP contribution in [0.15, 0.2) is 30.3 Å². The van der Waals surface area contributed by atoms with Crippen LogP contribution in [-0.2, 0) is 16.1 Å². The Morgan fingerprint density at radius 2 is 2.10 bits per heavy atom. The summed E-state index contributed by atoms with van der Waals surface area (Å²) in [5.41, 5.74) is 0.488. The fourth-order valence-corrected chi connectivity index (χ4v) is 2.29. The third kappa shape index (κ3) is 3.69. The van der Waals surface area contributed by atoms with E-state index in [0.717, 1.165) is 5.56 Å². The van der Waals surface area contributed by atoms with E-state index in [-0.39, 0.29) is 19.6 Å². The molecule has 1 aromatic rings. The Hall–Kier alpha value is -2.15. The largest absolute Gasteiger partial charge is 0.445 e. The molecule has 1 atom stereocenters. The SMILES string of the molecule is NNC(=O)[C@@]1(F)CCCN(C(=O)OCc2ccccc2)C1. The minimum Gasteiger partial charge on any atom is -0.445 e. The molecule has 0 bridgehead atoms. The molecule has 0 aliphatic carbocycles. The van der Waals surface area contributed by atoms with E-state index in [1.165, 1.54) is 4.90 Å². The van der Waals surface area contributed by atoms with Gasteiger partial charge in [0.05, 0.1) is 6.54 Å². The predicted octanol–water partition coefficient (Wildman–Crippen LogP) is 1.12. The lowest BCUT2D eigenvalue weighted by Gasteiger charge is -2.35. The third-order valence-electron chi connectivity index (χ3n) is 3.44. The number of alkyl halides is 1. The third-order valence-corrected chi connectivity index (χ3v) is 3.44. The molecule has 1 saturated heterocycles. The molecule has 1 heterocycles. The zero-order valence-corrected chi connectivity index (χ0v) is 11.5.